The second-order valence-corrected chi connectivity index (χ2v) is 4.26. The van der Waals surface area contributed by atoms with Crippen molar-refractivity contribution in [1.82, 2.24) is 10.3 Å². The highest BCUT2D eigenvalue weighted by molar-refractivity contribution is 5.81. The van der Waals surface area contributed by atoms with Gasteiger partial charge in [-0.25, -0.2) is 10.8 Å². The molecule has 0 amide bonds. The Morgan fingerprint density at radius 3 is 2.21 bits per heavy atom. The number of para-hydroxylation sites is 1. The number of guanidine groups is 1. The van der Waals surface area contributed by atoms with Gasteiger partial charge >= 0.3 is 0 Å². The first-order chi connectivity index (χ1) is 9.29. The van der Waals surface area contributed by atoms with Crippen molar-refractivity contribution < 1.29 is 0 Å². The Morgan fingerprint density at radius 1 is 1.05 bits per heavy atom. The van der Waals surface area contributed by atoms with Crippen LogP contribution in [0.1, 0.15) is 5.56 Å². The SMILES string of the molecule is CN(Cc1ccccc1)C(=Nc1ccccc1)NN. The van der Waals surface area contributed by atoms with Gasteiger partial charge in [-0.2, -0.15) is 0 Å². The normalized spacial score (nSPS) is 11.2. The second-order valence-electron chi connectivity index (χ2n) is 4.26. The summed E-state index contributed by atoms with van der Waals surface area (Å²) in [4.78, 5) is 6.45. The van der Waals surface area contributed by atoms with E-state index < -0.39 is 0 Å². The van der Waals surface area contributed by atoms with Gasteiger partial charge in [0.05, 0.1) is 5.69 Å². The molecule has 98 valence electrons. The van der Waals surface area contributed by atoms with Gasteiger partial charge in [0, 0.05) is 13.6 Å². The molecule has 2 rings (SSSR count). The summed E-state index contributed by atoms with van der Waals surface area (Å²) in [5.41, 5.74) is 4.73. The zero-order valence-electron chi connectivity index (χ0n) is 11.0. The van der Waals surface area contributed by atoms with Gasteiger partial charge in [0.15, 0.2) is 0 Å². The van der Waals surface area contributed by atoms with Crippen molar-refractivity contribution in [2.75, 3.05) is 7.05 Å². The number of aliphatic imine (C=N–C) groups is 1. The Labute approximate surface area is 113 Å². The summed E-state index contributed by atoms with van der Waals surface area (Å²) in [5, 5.41) is 0. The van der Waals surface area contributed by atoms with Crippen molar-refractivity contribution in [3.63, 3.8) is 0 Å². The minimum Gasteiger partial charge on any atom is -0.340 e. The summed E-state index contributed by atoms with van der Waals surface area (Å²) in [6, 6.07) is 19.9. The van der Waals surface area contributed by atoms with Crippen LogP contribution in [0.5, 0.6) is 0 Å². The number of rotatable bonds is 3. The van der Waals surface area contributed by atoms with Crippen molar-refractivity contribution in [3.05, 3.63) is 66.2 Å². The number of benzene rings is 2. The van der Waals surface area contributed by atoms with E-state index >= 15 is 0 Å². The summed E-state index contributed by atoms with van der Waals surface area (Å²) in [6.45, 7) is 0.747. The van der Waals surface area contributed by atoms with Crippen molar-refractivity contribution in [1.29, 1.82) is 0 Å². The van der Waals surface area contributed by atoms with Gasteiger partial charge in [-0.05, 0) is 17.7 Å². The number of hydrazine groups is 1. The van der Waals surface area contributed by atoms with E-state index in [0.29, 0.717) is 5.96 Å². The standard InChI is InChI=1S/C15H18N4/c1-19(12-13-8-4-2-5-9-13)15(18-16)17-14-10-6-3-7-11-14/h2-11H,12,16H2,1H3,(H,17,18). The van der Waals surface area contributed by atoms with Crippen LogP contribution in [0.4, 0.5) is 5.69 Å². The van der Waals surface area contributed by atoms with Crippen molar-refractivity contribution in [2.45, 2.75) is 6.54 Å². The molecule has 0 fully saturated rings. The van der Waals surface area contributed by atoms with Gasteiger partial charge in [-0.15, -0.1) is 0 Å². The average Bonchev–Trinajstić information content (AvgIpc) is 2.47. The minimum atomic E-state index is 0.634. The van der Waals surface area contributed by atoms with E-state index in [-0.39, 0.29) is 0 Å². The third kappa shape index (κ3) is 3.82. The Kier molecular flexibility index (Phi) is 4.53. The first kappa shape index (κ1) is 13.1. The molecule has 0 aliphatic rings. The quantitative estimate of drug-likeness (QED) is 0.382. The highest BCUT2D eigenvalue weighted by atomic mass is 15.4. The maximum absolute atomic E-state index is 5.55. The van der Waals surface area contributed by atoms with Crippen LogP contribution in [0.2, 0.25) is 0 Å². The molecule has 0 aromatic heterocycles. The maximum atomic E-state index is 5.55. The summed E-state index contributed by atoms with van der Waals surface area (Å²) in [5.74, 6) is 6.19. The molecule has 0 unspecified atom stereocenters. The Balaban J connectivity index is 2.11. The predicted octanol–water partition coefficient (Wildman–Crippen LogP) is 2.27. The Hall–Kier alpha value is -2.33. The lowest BCUT2D eigenvalue weighted by molar-refractivity contribution is 0.480. The third-order valence-corrected chi connectivity index (χ3v) is 2.74. The third-order valence-electron chi connectivity index (χ3n) is 2.74. The van der Waals surface area contributed by atoms with Gasteiger partial charge in [0.2, 0.25) is 5.96 Å². The Morgan fingerprint density at radius 2 is 1.63 bits per heavy atom. The van der Waals surface area contributed by atoms with Crippen LogP contribution >= 0.6 is 0 Å². The highest BCUT2D eigenvalue weighted by Gasteiger charge is 2.05. The summed E-state index contributed by atoms with van der Waals surface area (Å²) in [7, 11) is 1.95. The fraction of sp³-hybridized carbons (Fsp3) is 0.133. The van der Waals surface area contributed by atoms with Crippen LogP contribution < -0.4 is 11.3 Å². The van der Waals surface area contributed by atoms with Gasteiger partial charge in [-0.3, -0.25) is 5.43 Å². The fourth-order valence-electron chi connectivity index (χ4n) is 1.78. The summed E-state index contributed by atoms with van der Waals surface area (Å²) < 4.78 is 0. The number of nitrogens with one attached hydrogen (secondary N) is 1. The molecule has 0 saturated heterocycles. The lowest BCUT2D eigenvalue weighted by atomic mass is 10.2. The van der Waals surface area contributed by atoms with Crippen LogP contribution in [-0.2, 0) is 6.54 Å². The zero-order chi connectivity index (χ0) is 13.5. The molecule has 4 heteroatoms. The molecule has 0 bridgehead atoms. The molecule has 0 spiro atoms. The summed E-state index contributed by atoms with van der Waals surface area (Å²) >= 11 is 0. The molecule has 2 aromatic carbocycles. The highest BCUT2D eigenvalue weighted by Crippen LogP contribution is 2.11. The number of nitrogens with two attached hydrogens (primary N) is 1. The predicted molar refractivity (Wildman–Crippen MR) is 78.8 cm³/mol. The molecule has 0 saturated carbocycles. The lowest BCUT2D eigenvalue weighted by Gasteiger charge is -2.20. The van der Waals surface area contributed by atoms with E-state index in [9.17, 15) is 0 Å². The maximum Gasteiger partial charge on any atom is 0.213 e. The largest absolute Gasteiger partial charge is 0.340 e. The van der Waals surface area contributed by atoms with E-state index in [0.717, 1.165) is 12.2 Å². The molecule has 0 aliphatic carbocycles. The van der Waals surface area contributed by atoms with E-state index in [2.05, 4.69) is 22.6 Å². The molecule has 3 N–H and O–H groups in total. The molecular weight excluding hydrogens is 236 g/mol. The van der Waals surface area contributed by atoms with E-state index in [1.807, 2.05) is 60.5 Å². The van der Waals surface area contributed by atoms with E-state index in [4.69, 9.17) is 5.84 Å². The van der Waals surface area contributed by atoms with Gasteiger partial charge in [-0.1, -0.05) is 48.5 Å². The lowest BCUT2D eigenvalue weighted by Crippen LogP contribution is -2.42. The van der Waals surface area contributed by atoms with Crippen LogP contribution in [0, 0.1) is 0 Å². The number of hydrogen-bond acceptors (Lipinski definition) is 2. The number of hydrogen-bond donors (Lipinski definition) is 2. The Bertz CT molecular complexity index is 522. The minimum absolute atomic E-state index is 0.634. The van der Waals surface area contributed by atoms with E-state index in [1.165, 1.54) is 5.56 Å². The summed E-state index contributed by atoms with van der Waals surface area (Å²) in [6.07, 6.45) is 0. The topological polar surface area (TPSA) is 53.6 Å². The van der Waals surface area contributed by atoms with Crippen molar-refractivity contribution in [2.24, 2.45) is 10.8 Å². The molecule has 2 aromatic rings. The fourth-order valence-corrected chi connectivity index (χ4v) is 1.78. The number of nitrogens with zero attached hydrogens (tertiary/aromatic N) is 2. The van der Waals surface area contributed by atoms with Crippen LogP contribution in [-0.4, -0.2) is 17.9 Å². The average molecular weight is 254 g/mol. The smallest absolute Gasteiger partial charge is 0.213 e. The monoisotopic (exact) mass is 254 g/mol. The molecule has 0 aliphatic heterocycles. The molecule has 19 heavy (non-hydrogen) atoms. The first-order valence-corrected chi connectivity index (χ1v) is 6.15. The van der Waals surface area contributed by atoms with Crippen molar-refractivity contribution >= 4 is 11.6 Å². The van der Waals surface area contributed by atoms with Gasteiger partial charge in [0.1, 0.15) is 0 Å². The molecular formula is C15H18N4. The molecule has 0 atom stereocenters. The molecule has 4 nitrogen and oxygen atoms in total. The molecule has 0 heterocycles. The van der Waals surface area contributed by atoms with Crippen LogP contribution in [0.25, 0.3) is 0 Å². The second kappa shape index (κ2) is 6.56. The molecule has 0 radical (unpaired) electrons. The van der Waals surface area contributed by atoms with E-state index in [1.54, 1.807) is 0 Å². The first-order valence-electron chi connectivity index (χ1n) is 6.15. The van der Waals surface area contributed by atoms with Gasteiger partial charge < -0.3 is 4.90 Å². The van der Waals surface area contributed by atoms with Crippen molar-refractivity contribution in [3.8, 4) is 0 Å². The van der Waals surface area contributed by atoms with Crippen LogP contribution in [0.3, 0.4) is 0 Å². The van der Waals surface area contributed by atoms with Gasteiger partial charge in [0.25, 0.3) is 0 Å². The zero-order valence-corrected chi connectivity index (χ0v) is 11.0. The van der Waals surface area contributed by atoms with Crippen LogP contribution in [0.15, 0.2) is 65.7 Å².